The maximum atomic E-state index is 12.5. The van der Waals surface area contributed by atoms with Crippen LogP contribution in [0.2, 0.25) is 0 Å². The average Bonchev–Trinajstić information content (AvgIpc) is 3.24. The summed E-state index contributed by atoms with van der Waals surface area (Å²) < 4.78 is 5.45. The number of hydrogen-bond donors (Lipinski definition) is 3. The molecule has 1 amide bonds. The highest BCUT2D eigenvalue weighted by atomic mass is 16.5. The second-order valence-electron chi connectivity index (χ2n) is 18.2. The number of hydrogen-bond acceptors (Lipinski definition) is 5. The average molecular weight is 834 g/mol. The van der Waals surface area contributed by atoms with E-state index in [4.69, 9.17) is 4.74 Å². The van der Waals surface area contributed by atoms with E-state index in [1.165, 1.54) is 205 Å². The number of rotatable bonds is 49. The van der Waals surface area contributed by atoms with Gasteiger partial charge in [-0.05, 0) is 51.4 Å². The van der Waals surface area contributed by atoms with E-state index in [1.54, 1.807) is 0 Å². The van der Waals surface area contributed by atoms with Crippen LogP contribution in [0.1, 0.15) is 290 Å². The van der Waals surface area contributed by atoms with Crippen molar-refractivity contribution >= 4 is 11.9 Å². The molecule has 0 radical (unpaired) electrons. The highest BCUT2D eigenvalue weighted by molar-refractivity contribution is 5.76. The summed E-state index contributed by atoms with van der Waals surface area (Å²) in [5.74, 6) is -0.0613. The third-order valence-corrected chi connectivity index (χ3v) is 12.3. The van der Waals surface area contributed by atoms with Crippen molar-refractivity contribution in [3.05, 3.63) is 12.2 Å². The van der Waals surface area contributed by atoms with Crippen molar-refractivity contribution in [3.63, 3.8) is 0 Å². The molecule has 0 saturated carbocycles. The van der Waals surface area contributed by atoms with Crippen molar-refractivity contribution in [1.29, 1.82) is 0 Å². The third-order valence-electron chi connectivity index (χ3n) is 12.3. The molecule has 2 unspecified atom stereocenters. The molecule has 6 heteroatoms. The van der Waals surface area contributed by atoms with E-state index in [0.29, 0.717) is 25.9 Å². The molecule has 6 nitrogen and oxygen atoms in total. The lowest BCUT2D eigenvalue weighted by Crippen LogP contribution is -2.45. The molecule has 0 aliphatic carbocycles. The van der Waals surface area contributed by atoms with Crippen LogP contribution >= 0.6 is 0 Å². The summed E-state index contributed by atoms with van der Waals surface area (Å²) in [5.41, 5.74) is 0. The van der Waals surface area contributed by atoms with Gasteiger partial charge < -0.3 is 20.3 Å². The molecule has 59 heavy (non-hydrogen) atoms. The van der Waals surface area contributed by atoms with Crippen LogP contribution in [-0.2, 0) is 14.3 Å². The quantitative estimate of drug-likeness (QED) is 0.0322. The number of carbonyl (C=O) groups is 2. The molecule has 0 heterocycles. The van der Waals surface area contributed by atoms with Gasteiger partial charge in [0, 0.05) is 12.8 Å². The van der Waals surface area contributed by atoms with Crippen LogP contribution in [0.15, 0.2) is 12.2 Å². The van der Waals surface area contributed by atoms with Gasteiger partial charge in [0.05, 0.1) is 25.4 Å². The number of ether oxygens (including phenoxy) is 1. The van der Waals surface area contributed by atoms with Crippen LogP contribution in [0.25, 0.3) is 0 Å². The molecule has 0 aromatic rings. The van der Waals surface area contributed by atoms with E-state index >= 15 is 0 Å². The van der Waals surface area contributed by atoms with Gasteiger partial charge in [-0.2, -0.15) is 0 Å². The van der Waals surface area contributed by atoms with Gasteiger partial charge >= 0.3 is 5.97 Å². The minimum atomic E-state index is -0.672. The predicted octanol–water partition coefficient (Wildman–Crippen LogP) is 15.7. The van der Waals surface area contributed by atoms with Gasteiger partial charge in [-0.15, -0.1) is 0 Å². The highest BCUT2D eigenvalue weighted by Gasteiger charge is 2.20. The molecular weight excluding hydrogens is 731 g/mol. The highest BCUT2D eigenvalue weighted by Crippen LogP contribution is 2.17. The SMILES string of the molecule is CCCCC/C=C\CCCCCCCC(=O)OCCCCCCCCCCCCCCCC(=O)NC(CO)C(O)CCCCCCCCCCCCCCCCCCC. The lowest BCUT2D eigenvalue weighted by atomic mass is 10.0. The van der Waals surface area contributed by atoms with Crippen LogP contribution in [0.3, 0.4) is 0 Å². The first-order valence-electron chi connectivity index (χ1n) is 26.4. The Labute approximate surface area is 368 Å². The fraction of sp³-hybridized carbons (Fsp3) is 0.925. The Kier molecular flexibility index (Phi) is 48.1. The molecule has 0 bridgehead atoms. The first kappa shape index (κ1) is 57.6. The fourth-order valence-corrected chi connectivity index (χ4v) is 8.22. The zero-order valence-electron chi connectivity index (χ0n) is 39.7. The van der Waals surface area contributed by atoms with Gasteiger partial charge in [-0.1, -0.05) is 238 Å². The molecule has 350 valence electrons. The Morgan fingerprint density at radius 3 is 1.24 bits per heavy atom. The molecular formula is C53H103NO5. The summed E-state index contributed by atoms with van der Waals surface area (Å²) >= 11 is 0. The molecule has 0 spiro atoms. The van der Waals surface area contributed by atoms with Crippen molar-refractivity contribution in [1.82, 2.24) is 5.32 Å². The van der Waals surface area contributed by atoms with E-state index < -0.39 is 12.1 Å². The Balaban J connectivity index is 3.46. The van der Waals surface area contributed by atoms with Gasteiger partial charge in [0.2, 0.25) is 5.91 Å². The van der Waals surface area contributed by atoms with Gasteiger partial charge in [0.25, 0.3) is 0 Å². The number of nitrogens with one attached hydrogen (secondary N) is 1. The summed E-state index contributed by atoms with van der Waals surface area (Å²) in [6.45, 7) is 4.91. The zero-order valence-corrected chi connectivity index (χ0v) is 39.7. The minimum Gasteiger partial charge on any atom is -0.466 e. The molecule has 0 aliphatic heterocycles. The Morgan fingerprint density at radius 2 is 0.797 bits per heavy atom. The first-order chi connectivity index (χ1) is 29.0. The second kappa shape index (κ2) is 49.3. The number of allylic oxidation sites excluding steroid dienone is 2. The molecule has 0 aromatic heterocycles. The molecule has 3 N–H and O–H groups in total. The van der Waals surface area contributed by atoms with Crippen LogP contribution in [0.4, 0.5) is 0 Å². The number of esters is 1. The van der Waals surface area contributed by atoms with Gasteiger partial charge in [-0.25, -0.2) is 0 Å². The summed E-state index contributed by atoms with van der Waals surface area (Å²) in [6, 6.07) is -0.550. The van der Waals surface area contributed by atoms with Crippen molar-refractivity contribution in [2.45, 2.75) is 302 Å². The molecule has 2 atom stereocenters. The Hall–Kier alpha value is -1.40. The topological polar surface area (TPSA) is 95.9 Å². The fourth-order valence-electron chi connectivity index (χ4n) is 8.22. The zero-order chi connectivity index (χ0) is 43.0. The maximum absolute atomic E-state index is 12.5. The van der Waals surface area contributed by atoms with E-state index in [-0.39, 0.29) is 18.5 Å². The summed E-state index contributed by atoms with van der Waals surface area (Å²) in [4.78, 5) is 24.5. The van der Waals surface area contributed by atoms with Crippen molar-refractivity contribution in [3.8, 4) is 0 Å². The second-order valence-corrected chi connectivity index (χ2v) is 18.2. The molecule has 0 aliphatic rings. The van der Waals surface area contributed by atoms with E-state index in [2.05, 4.69) is 31.3 Å². The van der Waals surface area contributed by atoms with Crippen molar-refractivity contribution in [2.75, 3.05) is 13.2 Å². The van der Waals surface area contributed by atoms with Crippen LogP contribution in [0, 0.1) is 0 Å². The molecule has 0 rings (SSSR count). The van der Waals surface area contributed by atoms with Crippen LogP contribution < -0.4 is 5.32 Å². The third kappa shape index (κ3) is 45.9. The molecule has 0 aromatic carbocycles. The van der Waals surface area contributed by atoms with E-state index in [1.807, 2.05) is 0 Å². The predicted molar refractivity (Wildman–Crippen MR) is 255 cm³/mol. The first-order valence-corrected chi connectivity index (χ1v) is 26.4. The maximum Gasteiger partial charge on any atom is 0.305 e. The lowest BCUT2D eigenvalue weighted by molar-refractivity contribution is -0.143. The normalized spacial score (nSPS) is 12.7. The summed E-state index contributed by atoms with van der Waals surface area (Å²) in [5, 5.41) is 23.3. The Bertz CT molecular complexity index is 878. The van der Waals surface area contributed by atoms with Crippen molar-refractivity contribution < 1.29 is 24.5 Å². The van der Waals surface area contributed by atoms with Gasteiger partial charge in [0.1, 0.15) is 0 Å². The standard InChI is InChI=1S/C53H103NO5/c1-3-5-7-9-11-13-15-17-18-19-20-22-25-29-33-37-41-45-51(56)50(49-55)54-52(57)46-42-38-34-30-26-23-21-24-28-32-36-40-44-48-59-53(58)47-43-39-35-31-27-16-14-12-10-8-6-4-2/h12,14,50-51,55-56H,3-11,13,15-49H2,1-2H3,(H,54,57)/b14-12-. The van der Waals surface area contributed by atoms with Gasteiger partial charge in [-0.3, -0.25) is 9.59 Å². The smallest absolute Gasteiger partial charge is 0.305 e. The number of aliphatic hydroxyl groups excluding tert-OH is 2. The summed E-state index contributed by atoms with van der Waals surface area (Å²) in [7, 11) is 0. The largest absolute Gasteiger partial charge is 0.466 e. The van der Waals surface area contributed by atoms with Gasteiger partial charge in [0.15, 0.2) is 0 Å². The van der Waals surface area contributed by atoms with E-state index in [9.17, 15) is 19.8 Å². The van der Waals surface area contributed by atoms with Crippen LogP contribution in [0.5, 0.6) is 0 Å². The number of carbonyl (C=O) groups excluding carboxylic acids is 2. The number of unbranched alkanes of at least 4 members (excludes halogenated alkanes) is 36. The van der Waals surface area contributed by atoms with Crippen LogP contribution in [-0.4, -0.2) is 47.4 Å². The van der Waals surface area contributed by atoms with Crippen molar-refractivity contribution in [2.24, 2.45) is 0 Å². The minimum absolute atomic E-state index is 0.0151. The monoisotopic (exact) mass is 834 g/mol. The molecule has 0 fully saturated rings. The van der Waals surface area contributed by atoms with E-state index in [0.717, 1.165) is 51.4 Å². The number of aliphatic hydroxyl groups is 2. The molecule has 0 saturated heterocycles. The Morgan fingerprint density at radius 1 is 0.458 bits per heavy atom. The lowest BCUT2D eigenvalue weighted by Gasteiger charge is -2.22. The summed E-state index contributed by atoms with van der Waals surface area (Å²) in [6.07, 6.45) is 56.0. The number of amides is 1.